The number of nitrogens with zero attached hydrogens (tertiary/aromatic N) is 1. The molecule has 4 nitrogen and oxygen atoms in total. The summed E-state index contributed by atoms with van der Waals surface area (Å²) in [4.78, 5) is 13.2. The van der Waals surface area contributed by atoms with Gasteiger partial charge in [0.2, 0.25) is 5.91 Å². The van der Waals surface area contributed by atoms with Crippen LogP contribution >= 0.6 is 11.6 Å². The summed E-state index contributed by atoms with van der Waals surface area (Å²) in [6.07, 6.45) is -0.129. The maximum atomic E-state index is 13.2. The molecule has 1 aliphatic heterocycles. The Bertz CT molecular complexity index is 502. The monoisotopic (exact) mass is 318 g/mol. The van der Waals surface area contributed by atoms with Crippen LogP contribution in [0, 0.1) is 11.6 Å². The van der Waals surface area contributed by atoms with Crippen LogP contribution in [0.3, 0.4) is 0 Å². The first-order valence-corrected chi connectivity index (χ1v) is 7.22. The highest BCUT2D eigenvalue weighted by Crippen LogP contribution is 2.13. The highest BCUT2D eigenvalue weighted by molar-refractivity contribution is 6.27. The lowest BCUT2D eigenvalue weighted by molar-refractivity contribution is -0.119. The zero-order chi connectivity index (χ0) is 15.2. The number of carbonyl (C=O) groups is 1. The number of benzene rings is 1. The Balaban J connectivity index is 1.85. The largest absolute Gasteiger partial charge is 0.374 e. The molecule has 1 aromatic carbocycles. The molecule has 1 fully saturated rings. The Kier molecular flexibility index (Phi) is 5.90. The summed E-state index contributed by atoms with van der Waals surface area (Å²) >= 11 is 5.40. The fourth-order valence-electron chi connectivity index (χ4n) is 2.22. The Labute approximate surface area is 127 Å². The average molecular weight is 319 g/mol. The maximum Gasteiger partial charge on any atom is 0.235 e. The van der Waals surface area contributed by atoms with Crippen molar-refractivity contribution in [3.8, 4) is 0 Å². The van der Waals surface area contributed by atoms with E-state index < -0.39 is 11.6 Å². The number of halogens is 3. The number of amides is 1. The predicted molar refractivity (Wildman–Crippen MR) is 75.1 cm³/mol. The van der Waals surface area contributed by atoms with E-state index in [1.54, 1.807) is 6.07 Å². The first-order chi connectivity index (χ1) is 10.1. The minimum absolute atomic E-state index is 0.0781. The normalized spacial score (nSPS) is 19.5. The molecule has 7 heteroatoms. The third-order valence-electron chi connectivity index (χ3n) is 3.26. The van der Waals surface area contributed by atoms with Gasteiger partial charge in [0, 0.05) is 26.2 Å². The van der Waals surface area contributed by atoms with Crippen molar-refractivity contribution in [1.29, 1.82) is 0 Å². The van der Waals surface area contributed by atoms with Crippen molar-refractivity contribution in [3.63, 3.8) is 0 Å². The summed E-state index contributed by atoms with van der Waals surface area (Å²) in [5.74, 6) is -2.00. The number of ether oxygens (including phenoxy) is 1. The van der Waals surface area contributed by atoms with Crippen LogP contribution in [0.15, 0.2) is 18.2 Å². The highest BCUT2D eigenvalue weighted by Gasteiger charge is 2.21. The molecule has 1 saturated heterocycles. The van der Waals surface area contributed by atoms with Crippen molar-refractivity contribution in [2.24, 2.45) is 0 Å². The number of carbonyl (C=O) groups excluding carboxylic acids is 1. The van der Waals surface area contributed by atoms with Gasteiger partial charge in [0.1, 0.15) is 5.88 Å². The van der Waals surface area contributed by atoms with Crippen molar-refractivity contribution in [2.75, 3.05) is 32.1 Å². The van der Waals surface area contributed by atoms with Crippen molar-refractivity contribution in [1.82, 2.24) is 10.2 Å². The van der Waals surface area contributed by atoms with E-state index in [0.717, 1.165) is 6.07 Å². The fourth-order valence-corrected chi connectivity index (χ4v) is 2.31. The van der Waals surface area contributed by atoms with Crippen LogP contribution in [0.25, 0.3) is 0 Å². The Morgan fingerprint density at radius 3 is 2.95 bits per heavy atom. The predicted octanol–water partition coefficient (Wildman–Crippen LogP) is 1.52. The van der Waals surface area contributed by atoms with Gasteiger partial charge in [-0.1, -0.05) is 6.07 Å². The van der Waals surface area contributed by atoms with E-state index in [1.807, 2.05) is 0 Å². The summed E-state index contributed by atoms with van der Waals surface area (Å²) in [7, 11) is 0. The SMILES string of the molecule is O=C(CCl)NCC1CN(Cc2ccc(F)c(F)c2)CCO1. The van der Waals surface area contributed by atoms with Gasteiger partial charge in [-0.2, -0.15) is 0 Å². The molecular weight excluding hydrogens is 302 g/mol. The molecule has 116 valence electrons. The molecule has 0 saturated carbocycles. The lowest BCUT2D eigenvalue weighted by Gasteiger charge is -2.33. The molecule has 1 amide bonds. The molecule has 1 heterocycles. The van der Waals surface area contributed by atoms with E-state index in [4.69, 9.17) is 16.3 Å². The van der Waals surface area contributed by atoms with Crippen LogP contribution in [0.2, 0.25) is 0 Å². The van der Waals surface area contributed by atoms with E-state index in [1.165, 1.54) is 6.07 Å². The number of nitrogens with one attached hydrogen (secondary N) is 1. The number of alkyl halides is 1. The number of morpholine rings is 1. The molecule has 1 N–H and O–H groups in total. The minimum Gasteiger partial charge on any atom is -0.374 e. The molecule has 1 aromatic rings. The second kappa shape index (κ2) is 7.68. The number of hydrogen-bond donors (Lipinski definition) is 1. The Hall–Kier alpha value is -1.24. The van der Waals surface area contributed by atoms with Gasteiger partial charge in [-0.25, -0.2) is 8.78 Å². The number of rotatable bonds is 5. The molecule has 2 rings (SSSR count). The highest BCUT2D eigenvalue weighted by atomic mass is 35.5. The van der Waals surface area contributed by atoms with Crippen LogP contribution in [-0.4, -0.2) is 49.0 Å². The molecule has 1 atom stereocenters. The van der Waals surface area contributed by atoms with Gasteiger partial charge < -0.3 is 10.1 Å². The summed E-state index contributed by atoms with van der Waals surface area (Å²) in [5.41, 5.74) is 0.708. The molecule has 0 spiro atoms. The molecule has 21 heavy (non-hydrogen) atoms. The second-order valence-electron chi connectivity index (χ2n) is 4.91. The quantitative estimate of drug-likeness (QED) is 0.837. The maximum absolute atomic E-state index is 13.2. The molecule has 1 aliphatic rings. The fraction of sp³-hybridized carbons (Fsp3) is 0.500. The van der Waals surface area contributed by atoms with Crippen molar-refractivity contribution < 1.29 is 18.3 Å². The third kappa shape index (κ3) is 4.91. The van der Waals surface area contributed by atoms with Crippen LogP contribution in [0.1, 0.15) is 5.56 Å². The second-order valence-corrected chi connectivity index (χ2v) is 5.18. The summed E-state index contributed by atoms with van der Waals surface area (Å²) in [6, 6.07) is 3.90. The summed E-state index contributed by atoms with van der Waals surface area (Å²) in [6.45, 7) is 2.76. The van der Waals surface area contributed by atoms with Gasteiger partial charge >= 0.3 is 0 Å². The van der Waals surface area contributed by atoms with E-state index >= 15 is 0 Å². The first kappa shape index (κ1) is 16.1. The Morgan fingerprint density at radius 1 is 1.43 bits per heavy atom. The van der Waals surface area contributed by atoms with Gasteiger partial charge in [-0.05, 0) is 17.7 Å². The molecule has 1 unspecified atom stereocenters. The Morgan fingerprint density at radius 2 is 2.24 bits per heavy atom. The van der Waals surface area contributed by atoms with E-state index in [-0.39, 0.29) is 17.9 Å². The minimum atomic E-state index is -0.845. The van der Waals surface area contributed by atoms with Gasteiger partial charge in [0.05, 0.1) is 12.7 Å². The van der Waals surface area contributed by atoms with Crippen LogP contribution in [0.4, 0.5) is 8.78 Å². The topological polar surface area (TPSA) is 41.6 Å². The van der Waals surface area contributed by atoms with Gasteiger partial charge in [-0.15, -0.1) is 11.6 Å². The van der Waals surface area contributed by atoms with Gasteiger partial charge in [0.25, 0.3) is 0 Å². The summed E-state index contributed by atoms with van der Waals surface area (Å²) in [5, 5.41) is 2.67. The zero-order valence-electron chi connectivity index (χ0n) is 11.4. The third-order valence-corrected chi connectivity index (χ3v) is 3.50. The van der Waals surface area contributed by atoms with E-state index in [2.05, 4.69) is 10.2 Å². The first-order valence-electron chi connectivity index (χ1n) is 6.69. The molecule has 0 aliphatic carbocycles. The van der Waals surface area contributed by atoms with Crippen LogP contribution in [-0.2, 0) is 16.1 Å². The standard InChI is InChI=1S/C14H17ClF2N2O2/c15-6-14(20)18-7-11-9-19(3-4-21-11)8-10-1-2-12(16)13(17)5-10/h1-2,5,11H,3-4,6-9H2,(H,18,20). The lowest BCUT2D eigenvalue weighted by Crippen LogP contribution is -2.47. The molecular formula is C14H17ClF2N2O2. The van der Waals surface area contributed by atoms with Gasteiger partial charge in [-0.3, -0.25) is 9.69 Å². The average Bonchev–Trinajstić information content (AvgIpc) is 2.49. The molecule has 0 aromatic heterocycles. The van der Waals surface area contributed by atoms with Crippen molar-refractivity contribution in [2.45, 2.75) is 12.6 Å². The van der Waals surface area contributed by atoms with Gasteiger partial charge in [0.15, 0.2) is 11.6 Å². The van der Waals surface area contributed by atoms with E-state index in [9.17, 15) is 13.6 Å². The smallest absolute Gasteiger partial charge is 0.235 e. The van der Waals surface area contributed by atoms with Crippen molar-refractivity contribution >= 4 is 17.5 Å². The van der Waals surface area contributed by atoms with Crippen LogP contribution in [0.5, 0.6) is 0 Å². The summed E-state index contributed by atoms with van der Waals surface area (Å²) < 4.78 is 31.6. The van der Waals surface area contributed by atoms with Crippen LogP contribution < -0.4 is 5.32 Å². The molecule has 0 bridgehead atoms. The zero-order valence-corrected chi connectivity index (χ0v) is 12.2. The van der Waals surface area contributed by atoms with E-state index in [0.29, 0.717) is 38.3 Å². The number of hydrogen-bond acceptors (Lipinski definition) is 3. The van der Waals surface area contributed by atoms with Crippen molar-refractivity contribution in [3.05, 3.63) is 35.4 Å². The molecule has 0 radical (unpaired) electrons. The lowest BCUT2D eigenvalue weighted by atomic mass is 10.1.